The molecular formula is C21H34N6S2. The van der Waals surface area contributed by atoms with Gasteiger partial charge in [-0.05, 0) is 59.0 Å². The summed E-state index contributed by atoms with van der Waals surface area (Å²) in [5.74, 6) is 1.59. The quantitative estimate of drug-likeness (QED) is 0.489. The number of nitrogens with zero attached hydrogens (tertiary/aromatic N) is 4. The minimum absolute atomic E-state index is 0.639. The maximum Gasteiger partial charge on any atom is 0.191 e. The molecule has 1 aliphatic rings. The number of piperidine rings is 1. The smallest absolute Gasteiger partial charge is 0.191 e. The van der Waals surface area contributed by atoms with Crippen LogP contribution in [0, 0.1) is 19.8 Å². The zero-order valence-electron chi connectivity index (χ0n) is 18.1. The highest BCUT2D eigenvalue weighted by molar-refractivity contribution is 7.11. The molecule has 2 aromatic rings. The molecule has 0 unspecified atom stereocenters. The van der Waals surface area contributed by atoms with Crippen LogP contribution in [0.1, 0.15) is 53.0 Å². The first-order valence-electron chi connectivity index (χ1n) is 10.7. The number of hydrogen-bond acceptors (Lipinski definition) is 6. The minimum atomic E-state index is 0.639. The fraction of sp³-hybridized carbons (Fsp3) is 0.667. The molecule has 6 nitrogen and oxygen atoms in total. The number of likely N-dealkylation sites (tertiary alicyclic amines) is 1. The number of thiazole rings is 2. The summed E-state index contributed by atoms with van der Waals surface area (Å²) in [6, 6.07) is 0. The monoisotopic (exact) mass is 434 g/mol. The lowest BCUT2D eigenvalue weighted by atomic mass is 9.97. The van der Waals surface area contributed by atoms with Crippen LogP contribution in [0.25, 0.3) is 0 Å². The first-order valence-corrected chi connectivity index (χ1v) is 12.4. The maximum atomic E-state index is 4.73. The van der Waals surface area contributed by atoms with E-state index in [1.807, 2.05) is 0 Å². The molecule has 0 atom stereocenters. The van der Waals surface area contributed by atoms with Gasteiger partial charge in [0.25, 0.3) is 0 Å². The molecule has 2 aromatic heterocycles. The standard InChI is InChI=1S/C21H34N6S2/c1-5-19-26-18(14-28-19)13-27-9-7-17(8-10-27)11-23-21(22-6-2)24-12-20-25-15(3)16(4)29-20/h14,17H,5-13H2,1-4H3,(H2,22,23,24). The largest absolute Gasteiger partial charge is 0.357 e. The third-order valence-electron chi connectivity index (χ3n) is 5.34. The summed E-state index contributed by atoms with van der Waals surface area (Å²) in [5, 5.41) is 11.5. The second kappa shape index (κ2) is 11.0. The summed E-state index contributed by atoms with van der Waals surface area (Å²) in [5.41, 5.74) is 2.35. The van der Waals surface area contributed by atoms with Crippen LogP contribution in [0.15, 0.2) is 10.4 Å². The van der Waals surface area contributed by atoms with Crippen LogP contribution in [0.5, 0.6) is 0 Å². The molecule has 29 heavy (non-hydrogen) atoms. The van der Waals surface area contributed by atoms with E-state index < -0.39 is 0 Å². The topological polar surface area (TPSA) is 65.4 Å². The Morgan fingerprint density at radius 1 is 1.17 bits per heavy atom. The molecule has 0 aromatic carbocycles. The molecule has 0 aliphatic carbocycles. The highest BCUT2D eigenvalue weighted by atomic mass is 32.1. The molecule has 1 aliphatic heterocycles. The Bertz CT molecular complexity index is 769. The van der Waals surface area contributed by atoms with Crippen molar-refractivity contribution >= 4 is 28.6 Å². The molecule has 8 heteroatoms. The zero-order chi connectivity index (χ0) is 20.6. The van der Waals surface area contributed by atoms with Crippen molar-refractivity contribution in [2.24, 2.45) is 10.9 Å². The van der Waals surface area contributed by atoms with Crippen molar-refractivity contribution in [3.05, 3.63) is 31.7 Å². The lowest BCUT2D eigenvalue weighted by Crippen LogP contribution is -2.42. The van der Waals surface area contributed by atoms with E-state index in [-0.39, 0.29) is 0 Å². The maximum absolute atomic E-state index is 4.73. The van der Waals surface area contributed by atoms with Crippen LogP contribution in [0.4, 0.5) is 0 Å². The lowest BCUT2D eigenvalue weighted by molar-refractivity contribution is 0.176. The summed E-state index contributed by atoms with van der Waals surface area (Å²) in [6.45, 7) is 14.2. The van der Waals surface area contributed by atoms with E-state index in [1.165, 1.54) is 28.4 Å². The molecule has 0 bridgehead atoms. The van der Waals surface area contributed by atoms with Crippen LogP contribution in [0.3, 0.4) is 0 Å². The van der Waals surface area contributed by atoms with Gasteiger partial charge in [-0.25, -0.2) is 15.0 Å². The first-order chi connectivity index (χ1) is 14.1. The average Bonchev–Trinajstić information content (AvgIpc) is 3.31. The number of hydrogen-bond donors (Lipinski definition) is 2. The van der Waals surface area contributed by atoms with Gasteiger partial charge in [0.05, 0.1) is 22.9 Å². The summed E-state index contributed by atoms with van der Waals surface area (Å²) in [6.07, 6.45) is 3.49. The van der Waals surface area contributed by atoms with Crippen LogP contribution < -0.4 is 10.6 Å². The van der Waals surface area contributed by atoms with Gasteiger partial charge in [-0.2, -0.15) is 0 Å². The molecule has 0 radical (unpaired) electrons. The van der Waals surface area contributed by atoms with Gasteiger partial charge in [-0.1, -0.05) is 6.92 Å². The van der Waals surface area contributed by atoms with E-state index in [2.05, 4.69) is 53.6 Å². The van der Waals surface area contributed by atoms with Crippen molar-refractivity contribution < 1.29 is 0 Å². The Labute approximate surface area is 182 Å². The Morgan fingerprint density at radius 2 is 1.97 bits per heavy atom. The first kappa shape index (κ1) is 22.2. The lowest BCUT2D eigenvalue weighted by Gasteiger charge is -2.31. The summed E-state index contributed by atoms with van der Waals surface area (Å²) in [7, 11) is 0. The van der Waals surface area contributed by atoms with Crippen LogP contribution in [0.2, 0.25) is 0 Å². The minimum Gasteiger partial charge on any atom is -0.357 e. The highest BCUT2D eigenvalue weighted by Gasteiger charge is 2.20. The predicted octanol–water partition coefficient (Wildman–Crippen LogP) is 3.75. The van der Waals surface area contributed by atoms with Gasteiger partial charge in [-0.3, -0.25) is 4.90 Å². The summed E-state index contributed by atoms with van der Waals surface area (Å²) in [4.78, 5) is 17.8. The van der Waals surface area contributed by atoms with Gasteiger partial charge in [0.2, 0.25) is 0 Å². The number of aromatic nitrogens is 2. The van der Waals surface area contributed by atoms with Crippen molar-refractivity contribution in [1.29, 1.82) is 0 Å². The van der Waals surface area contributed by atoms with Crippen LogP contribution in [-0.4, -0.2) is 47.0 Å². The van der Waals surface area contributed by atoms with Crippen molar-refractivity contribution in [3.63, 3.8) is 0 Å². The normalized spacial score (nSPS) is 16.3. The predicted molar refractivity (Wildman–Crippen MR) is 124 cm³/mol. The summed E-state index contributed by atoms with van der Waals surface area (Å²) < 4.78 is 0. The fourth-order valence-corrected chi connectivity index (χ4v) is 5.09. The highest BCUT2D eigenvalue weighted by Crippen LogP contribution is 2.20. The van der Waals surface area contributed by atoms with Gasteiger partial charge in [0.15, 0.2) is 5.96 Å². The number of rotatable bonds is 8. The number of aryl methyl sites for hydroxylation is 3. The molecular weight excluding hydrogens is 400 g/mol. The fourth-order valence-electron chi connectivity index (χ4n) is 3.50. The molecule has 160 valence electrons. The van der Waals surface area contributed by atoms with E-state index in [9.17, 15) is 0 Å². The van der Waals surface area contributed by atoms with E-state index in [0.717, 1.165) is 55.8 Å². The molecule has 1 saturated heterocycles. The van der Waals surface area contributed by atoms with Gasteiger partial charge in [0, 0.05) is 29.9 Å². The van der Waals surface area contributed by atoms with Crippen molar-refractivity contribution in [2.75, 3.05) is 26.2 Å². The van der Waals surface area contributed by atoms with Crippen LogP contribution in [-0.2, 0) is 19.5 Å². The van der Waals surface area contributed by atoms with E-state index >= 15 is 0 Å². The van der Waals surface area contributed by atoms with Gasteiger partial charge >= 0.3 is 0 Å². The zero-order valence-corrected chi connectivity index (χ0v) is 19.8. The Balaban J connectivity index is 1.42. The molecule has 0 amide bonds. The van der Waals surface area contributed by atoms with Crippen LogP contribution >= 0.6 is 22.7 Å². The van der Waals surface area contributed by atoms with E-state index in [0.29, 0.717) is 12.5 Å². The van der Waals surface area contributed by atoms with Crippen molar-refractivity contribution in [3.8, 4) is 0 Å². The Morgan fingerprint density at radius 3 is 2.59 bits per heavy atom. The van der Waals surface area contributed by atoms with Gasteiger partial charge in [-0.15, -0.1) is 22.7 Å². The van der Waals surface area contributed by atoms with E-state index in [4.69, 9.17) is 9.98 Å². The van der Waals surface area contributed by atoms with E-state index in [1.54, 1.807) is 22.7 Å². The Hall–Kier alpha value is -1.51. The van der Waals surface area contributed by atoms with Crippen molar-refractivity contribution in [2.45, 2.75) is 60.0 Å². The molecule has 0 spiro atoms. The molecule has 3 rings (SSSR count). The Kier molecular flexibility index (Phi) is 8.44. The van der Waals surface area contributed by atoms with Crippen molar-refractivity contribution in [1.82, 2.24) is 25.5 Å². The number of nitrogens with one attached hydrogen (secondary N) is 2. The molecule has 2 N–H and O–H groups in total. The number of aliphatic imine (C=N–C) groups is 1. The second-order valence-electron chi connectivity index (χ2n) is 7.63. The molecule has 3 heterocycles. The van der Waals surface area contributed by atoms with Gasteiger partial charge in [0.1, 0.15) is 5.01 Å². The third-order valence-corrected chi connectivity index (χ3v) is 7.44. The summed E-state index contributed by atoms with van der Waals surface area (Å²) >= 11 is 3.53. The molecule has 1 fully saturated rings. The SMILES string of the molecule is CCNC(=NCc1nc(C)c(C)s1)NCC1CCN(Cc2csc(CC)n2)CC1. The second-order valence-corrected chi connectivity index (χ2v) is 9.86. The third kappa shape index (κ3) is 6.76. The molecule has 0 saturated carbocycles. The number of guanidine groups is 1. The van der Waals surface area contributed by atoms with Gasteiger partial charge < -0.3 is 10.6 Å². The average molecular weight is 435 g/mol.